The van der Waals surface area contributed by atoms with Crippen molar-refractivity contribution in [3.05, 3.63) is 0 Å². The molecule has 4 nitrogen and oxygen atoms in total. The maximum absolute atomic E-state index is 12.7. The lowest BCUT2D eigenvalue weighted by Crippen LogP contribution is -2.39. The molecule has 0 saturated heterocycles. The second-order valence-corrected chi connectivity index (χ2v) is 7.00. The SMILES string of the molecule is CCCNP(=O)(NCCC)NC1CCCCC1. The van der Waals surface area contributed by atoms with Crippen molar-refractivity contribution < 1.29 is 4.57 Å². The van der Waals surface area contributed by atoms with Crippen LogP contribution >= 0.6 is 7.59 Å². The Bertz CT molecular complexity index is 230. The average molecular weight is 261 g/mol. The maximum Gasteiger partial charge on any atom is 0.279 e. The van der Waals surface area contributed by atoms with Gasteiger partial charge < -0.3 is 0 Å². The van der Waals surface area contributed by atoms with E-state index in [1.54, 1.807) is 0 Å². The molecule has 0 bridgehead atoms. The zero-order valence-corrected chi connectivity index (χ0v) is 12.2. The number of nitrogens with one attached hydrogen (secondary N) is 3. The van der Waals surface area contributed by atoms with Crippen LogP contribution in [0.3, 0.4) is 0 Å². The topological polar surface area (TPSA) is 53.2 Å². The van der Waals surface area contributed by atoms with Gasteiger partial charge in [-0.3, -0.25) is 4.57 Å². The molecule has 0 unspecified atom stereocenters. The van der Waals surface area contributed by atoms with E-state index in [9.17, 15) is 4.57 Å². The van der Waals surface area contributed by atoms with E-state index >= 15 is 0 Å². The van der Waals surface area contributed by atoms with Gasteiger partial charge in [0.15, 0.2) is 0 Å². The third-order valence-electron chi connectivity index (χ3n) is 3.14. The molecule has 0 radical (unpaired) electrons. The van der Waals surface area contributed by atoms with Gasteiger partial charge in [0.1, 0.15) is 0 Å². The zero-order chi connectivity index (χ0) is 12.6. The van der Waals surface area contributed by atoms with Crippen molar-refractivity contribution >= 4 is 7.59 Å². The van der Waals surface area contributed by atoms with E-state index in [0.29, 0.717) is 6.04 Å². The minimum atomic E-state index is -2.57. The molecule has 5 heteroatoms. The summed E-state index contributed by atoms with van der Waals surface area (Å²) in [5.74, 6) is 0. The normalized spacial score (nSPS) is 18.5. The van der Waals surface area contributed by atoms with Crippen molar-refractivity contribution in [3.8, 4) is 0 Å². The molecule has 1 aliphatic carbocycles. The fourth-order valence-electron chi connectivity index (χ4n) is 2.17. The summed E-state index contributed by atoms with van der Waals surface area (Å²) in [6, 6.07) is 0.420. The lowest BCUT2D eigenvalue weighted by Gasteiger charge is -2.29. The van der Waals surface area contributed by atoms with Crippen LogP contribution in [0.2, 0.25) is 0 Å². The summed E-state index contributed by atoms with van der Waals surface area (Å²) in [4.78, 5) is 0. The van der Waals surface area contributed by atoms with Crippen LogP contribution in [-0.4, -0.2) is 19.1 Å². The van der Waals surface area contributed by atoms with Gasteiger partial charge in [-0.2, -0.15) is 0 Å². The smallest absolute Gasteiger partial charge is 0.271 e. The van der Waals surface area contributed by atoms with Crippen LogP contribution in [0, 0.1) is 0 Å². The van der Waals surface area contributed by atoms with Gasteiger partial charge in [0, 0.05) is 19.1 Å². The van der Waals surface area contributed by atoms with Crippen LogP contribution in [0.25, 0.3) is 0 Å². The molecule has 1 saturated carbocycles. The Morgan fingerprint density at radius 2 is 1.53 bits per heavy atom. The summed E-state index contributed by atoms with van der Waals surface area (Å²) in [7, 11) is -2.57. The van der Waals surface area contributed by atoms with Crippen LogP contribution in [-0.2, 0) is 4.57 Å². The molecule has 0 aromatic heterocycles. The minimum absolute atomic E-state index is 0.420. The van der Waals surface area contributed by atoms with Gasteiger partial charge in [-0.25, -0.2) is 15.3 Å². The summed E-state index contributed by atoms with van der Waals surface area (Å²) >= 11 is 0. The Morgan fingerprint density at radius 1 is 1.00 bits per heavy atom. The predicted octanol–water partition coefficient (Wildman–Crippen LogP) is 3.02. The molecule has 0 aromatic carbocycles. The summed E-state index contributed by atoms with van der Waals surface area (Å²) in [5, 5.41) is 9.66. The fourth-order valence-corrected chi connectivity index (χ4v) is 4.32. The molecule has 0 spiro atoms. The van der Waals surface area contributed by atoms with Gasteiger partial charge in [0.2, 0.25) is 0 Å². The molecule has 17 heavy (non-hydrogen) atoms. The zero-order valence-electron chi connectivity index (χ0n) is 11.3. The van der Waals surface area contributed by atoms with Gasteiger partial charge in [-0.05, 0) is 25.7 Å². The molecule has 0 amide bonds. The third kappa shape index (κ3) is 6.01. The second kappa shape index (κ2) is 8.25. The number of hydrogen-bond donors (Lipinski definition) is 3. The minimum Gasteiger partial charge on any atom is -0.271 e. The molecular formula is C12H28N3OP. The highest BCUT2D eigenvalue weighted by Gasteiger charge is 2.25. The van der Waals surface area contributed by atoms with Crippen molar-refractivity contribution in [2.45, 2.75) is 64.8 Å². The predicted molar refractivity (Wildman–Crippen MR) is 74.2 cm³/mol. The van der Waals surface area contributed by atoms with E-state index < -0.39 is 7.59 Å². The number of hydrogen-bond acceptors (Lipinski definition) is 1. The van der Waals surface area contributed by atoms with Crippen molar-refractivity contribution in [2.24, 2.45) is 0 Å². The van der Waals surface area contributed by atoms with Crippen molar-refractivity contribution in [1.29, 1.82) is 0 Å². The van der Waals surface area contributed by atoms with Gasteiger partial charge in [-0.1, -0.05) is 33.1 Å². The van der Waals surface area contributed by atoms with Crippen LogP contribution in [0.1, 0.15) is 58.8 Å². The van der Waals surface area contributed by atoms with E-state index in [0.717, 1.165) is 38.8 Å². The summed E-state index contributed by atoms with van der Waals surface area (Å²) in [5.41, 5.74) is 0. The molecule has 1 rings (SSSR count). The fraction of sp³-hybridized carbons (Fsp3) is 1.00. The first-order valence-corrected chi connectivity index (χ1v) is 8.79. The molecule has 0 aliphatic heterocycles. The van der Waals surface area contributed by atoms with Gasteiger partial charge in [0.25, 0.3) is 7.59 Å². The number of rotatable bonds is 8. The Labute approximate surface area is 106 Å². The first-order chi connectivity index (χ1) is 8.20. The van der Waals surface area contributed by atoms with E-state index in [1.807, 2.05) is 0 Å². The van der Waals surface area contributed by atoms with Gasteiger partial charge >= 0.3 is 0 Å². The van der Waals surface area contributed by atoms with Crippen LogP contribution in [0.15, 0.2) is 0 Å². The van der Waals surface area contributed by atoms with E-state index in [1.165, 1.54) is 19.3 Å². The van der Waals surface area contributed by atoms with E-state index in [2.05, 4.69) is 29.1 Å². The first kappa shape index (κ1) is 15.2. The van der Waals surface area contributed by atoms with Crippen molar-refractivity contribution in [2.75, 3.05) is 13.1 Å². The van der Waals surface area contributed by atoms with Gasteiger partial charge in [-0.15, -0.1) is 0 Å². The van der Waals surface area contributed by atoms with Crippen molar-refractivity contribution in [1.82, 2.24) is 15.3 Å². The lowest BCUT2D eigenvalue weighted by atomic mass is 9.96. The quantitative estimate of drug-likeness (QED) is 0.588. The Kier molecular flexibility index (Phi) is 7.36. The second-order valence-electron chi connectivity index (χ2n) is 4.89. The van der Waals surface area contributed by atoms with Crippen LogP contribution in [0.5, 0.6) is 0 Å². The van der Waals surface area contributed by atoms with Crippen LogP contribution in [0.4, 0.5) is 0 Å². The largest absolute Gasteiger partial charge is 0.279 e. The lowest BCUT2D eigenvalue weighted by molar-refractivity contribution is 0.406. The summed E-state index contributed by atoms with van der Waals surface area (Å²) < 4.78 is 12.7. The maximum atomic E-state index is 12.7. The molecule has 0 heterocycles. The molecular weight excluding hydrogens is 233 g/mol. The monoisotopic (exact) mass is 261 g/mol. The third-order valence-corrected chi connectivity index (χ3v) is 5.21. The van der Waals surface area contributed by atoms with Gasteiger partial charge in [0.05, 0.1) is 0 Å². The summed E-state index contributed by atoms with van der Waals surface area (Å²) in [6.45, 7) is 5.79. The standard InChI is InChI=1S/C12H28N3OP/c1-3-10-13-17(16,14-11-4-2)15-12-8-6-5-7-9-12/h12H,3-11H2,1-2H3,(H3,13,14,15,16). The molecule has 0 aromatic rings. The first-order valence-electron chi connectivity index (χ1n) is 7.08. The highest BCUT2D eigenvalue weighted by molar-refractivity contribution is 7.57. The Hall–Kier alpha value is 0.110. The highest BCUT2D eigenvalue weighted by atomic mass is 31.2. The Morgan fingerprint density at radius 3 is 2.00 bits per heavy atom. The van der Waals surface area contributed by atoms with Crippen LogP contribution < -0.4 is 15.3 Å². The molecule has 3 N–H and O–H groups in total. The van der Waals surface area contributed by atoms with E-state index in [4.69, 9.17) is 0 Å². The molecule has 102 valence electrons. The highest BCUT2D eigenvalue weighted by Crippen LogP contribution is 2.34. The average Bonchev–Trinajstić information content (AvgIpc) is 2.35. The molecule has 1 aliphatic rings. The van der Waals surface area contributed by atoms with E-state index in [-0.39, 0.29) is 0 Å². The summed E-state index contributed by atoms with van der Waals surface area (Å²) in [6.07, 6.45) is 8.18. The Balaban J connectivity index is 2.45. The van der Waals surface area contributed by atoms with Crippen molar-refractivity contribution in [3.63, 3.8) is 0 Å². The molecule has 0 atom stereocenters. The molecule has 1 fully saturated rings.